The first-order valence-corrected chi connectivity index (χ1v) is 4.75. The van der Waals surface area contributed by atoms with Crippen LogP contribution in [-0.2, 0) is 0 Å². The zero-order valence-corrected chi connectivity index (χ0v) is 7.19. The third-order valence-electron chi connectivity index (χ3n) is 3.60. The van der Waals surface area contributed by atoms with Gasteiger partial charge in [-0.3, -0.25) is 0 Å². The molecular weight excluding hydrogens is 152 g/mol. The molecule has 0 aromatic heterocycles. The number of allylic oxidation sites excluding steroid dienone is 2. The van der Waals surface area contributed by atoms with E-state index in [1.165, 1.54) is 0 Å². The highest BCUT2D eigenvalue weighted by Gasteiger charge is 2.48. The van der Waals surface area contributed by atoms with Gasteiger partial charge in [0.25, 0.3) is 0 Å². The molecule has 0 aromatic carbocycles. The highest BCUT2D eigenvalue weighted by Crippen LogP contribution is 2.51. The predicted octanol–water partition coefficient (Wildman–Crippen LogP) is 0.799. The first-order chi connectivity index (χ1) is 5.88. The van der Waals surface area contributed by atoms with E-state index in [4.69, 9.17) is 10.2 Å². The minimum Gasteiger partial charge on any atom is -0.396 e. The van der Waals surface area contributed by atoms with Gasteiger partial charge >= 0.3 is 0 Å². The maximum atomic E-state index is 9.12. The first-order valence-electron chi connectivity index (χ1n) is 4.75. The molecule has 2 heteroatoms. The number of aliphatic hydroxyl groups excluding tert-OH is 2. The van der Waals surface area contributed by atoms with Gasteiger partial charge in [0.2, 0.25) is 0 Å². The average molecular weight is 168 g/mol. The highest BCUT2D eigenvalue weighted by atomic mass is 16.3. The van der Waals surface area contributed by atoms with E-state index in [9.17, 15) is 0 Å². The maximum absolute atomic E-state index is 9.12. The molecule has 0 radical (unpaired) electrons. The molecule has 0 atom stereocenters. The molecule has 0 heterocycles. The zero-order chi connectivity index (χ0) is 8.55. The second-order valence-corrected chi connectivity index (χ2v) is 3.96. The minimum atomic E-state index is 0.299. The van der Waals surface area contributed by atoms with Crippen molar-refractivity contribution in [3.8, 4) is 0 Å². The molecule has 0 amide bonds. The summed E-state index contributed by atoms with van der Waals surface area (Å²) in [6.45, 7) is 0.598. The molecular formula is C10H16O2. The fourth-order valence-electron chi connectivity index (χ4n) is 2.87. The summed E-state index contributed by atoms with van der Waals surface area (Å²) in [7, 11) is 0. The summed E-state index contributed by atoms with van der Waals surface area (Å²) in [5.41, 5.74) is 0. The van der Waals surface area contributed by atoms with E-state index >= 15 is 0 Å². The molecule has 1 saturated carbocycles. The SMILES string of the molecule is OCC1C2CC=CCC1C2CO. The lowest BCUT2D eigenvalue weighted by atomic mass is 9.56. The molecule has 0 aliphatic heterocycles. The van der Waals surface area contributed by atoms with Crippen molar-refractivity contribution in [2.24, 2.45) is 23.7 Å². The van der Waals surface area contributed by atoms with Crippen molar-refractivity contribution in [3.05, 3.63) is 12.2 Å². The zero-order valence-electron chi connectivity index (χ0n) is 7.19. The Labute approximate surface area is 72.9 Å². The largest absolute Gasteiger partial charge is 0.396 e. The Hall–Kier alpha value is -0.340. The fourth-order valence-corrected chi connectivity index (χ4v) is 2.87. The molecule has 2 bridgehead atoms. The van der Waals surface area contributed by atoms with Crippen LogP contribution in [0.2, 0.25) is 0 Å². The van der Waals surface area contributed by atoms with Crippen LogP contribution in [0.1, 0.15) is 12.8 Å². The summed E-state index contributed by atoms with van der Waals surface area (Å²) in [6.07, 6.45) is 6.49. The Kier molecular flexibility index (Phi) is 2.20. The Balaban J connectivity index is 2.08. The summed E-state index contributed by atoms with van der Waals surface area (Å²) >= 11 is 0. The van der Waals surface area contributed by atoms with Gasteiger partial charge in [-0.25, -0.2) is 0 Å². The topological polar surface area (TPSA) is 40.5 Å². The number of hydrogen-bond donors (Lipinski definition) is 2. The van der Waals surface area contributed by atoms with Crippen LogP contribution in [0.3, 0.4) is 0 Å². The molecule has 0 unspecified atom stereocenters. The van der Waals surface area contributed by atoms with Crippen molar-refractivity contribution in [2.45, 2.75) is 12.8 Å². The summed E-state index contributed by atoms with van der Waals surface area (Å²) < 4.78 is 0. The van der Waals surface area contributed by atoms with Crippen LogP contribution in [0, 0.1) is 23.7 Å². The van der Waals surface area contributed by atoms with Gasteiger partial charge < -0.3 is 10.2 Å². The number of fused-ring (bicyclic) bond motifs is 2. The molecule has 0 spiro atoms. The normalized spacial score (nSPS) is 45.2. The van der Waals surface area contributed by atoms with Crippen molar-refractivity contribution < 1.29 is 10.2 Å². The molecule has 1 fully saturated rings. The first kappa shape index (κ1) is 8.27. The minimum absolute atomic E-state index is 0.299. The van der Waals surface area contributed by atoms with E-state index in [1.54, 1.807) is 0 Å². The summed E-state index contributed by atoms with van der Waals surface area (Å²) in [6, 6.07) is 0. The highest BCUT2D eigenvalue weighted by molar-refractivity contribution is 5.06. The Morgan fingerprint density at radius 3 is 1.67 bits per heavy atom. The number of aliphatic hydroxyl groups is 2. The second-order valence-electron chi connectivity index (χ2n) is 3.96. The van der Waals surface area contributed by atoms with Crippen molar-refractivity contribution in [3.63, 3.8) is 0 Å². The number of hydrogen-bond acceptors (Lipinski definition) is 2. The summed E-state index contributed by atoms with van der Waals surface area (Å²) in [4.78, 5) is 0. The van der Waals surface area contributed by atoms with Gasteiger partial charge in [-0.15, -0.1) is 0 Å². The molecule has 3 aliphatic rings. The van der Waals surface area contributed by atoms with Crippen molar-refractivity contribution >= 4 is 0 Å². The Morgan fingerprint density at radius 1 is 0.917 bits per heavy atom. The lowest BCUT2D eigenvalue weighted by Crippen LogP contribution is -2.49. The molecule has 0 aromatic rings. The van der Waals surface area contributed by atoms with E-state index in [2.05, 4.69) is 12.2 Å². The molecule has 68 valence electrons. The van der Waals surface area contributed by atoms with Gasteiger partial charge in [0.05, 0.1) is 0 Å². The lowest BCUT2D eigenvalue weighted by Gasteiger charge is -2.49. The quantitative estimate of drug-likeness (QED) is 0.599. The third-order valence-corrected chi connectivity index (χ3v) is 3.60. The molecule has 3 rings (SSSR count). The molecule has 3 aliphatic carbocycles. The van der Waals surface area contributed by atoms with E-state index in [0.717, 1.165) is 12.8 Å². The van der Waals surface area contributed by atoms with Crippen LogP contribution in [0.5, 0.6) is 0 Å². The van der Waals surface area contributed by atoms with Gasteiger partial charge in [0.1, 0.15) is 0 Å². The van der Waals surface area contributed by atoms with Crippen molar-refractivity contribution in [1.82, 2.24) is 0 Å². The van der Waals surface area contributed by atoms with E-state index in [1.807, 2.05) is 0 Å². The van der Waals surface area contributed by atoms with Crippen LogP contribution in [0.25, 0.3) is 0 Å². The van der Waals surface area contributed by atoms with Crippen LogP contribution in [0.15, 0.2) is 12.2 Å². The van der Waals surface area contributed by atoms with Gasteiger partial charge in [-0.2, -0.15) is 0 Å². The average Bonchev–Trinajstić information content (AvgIpc) is 2.37. The second kappa shape index (κ2) is 3.19. The van der Waals surface area contributed by atoms with Gasteiger partial charge in [-0.1, -0.05) is 12.2 Å². The van der Waals surface area contributed by atoms with Gasteiger partial charge in [-0.05, 0) is 36.5 Å². The van der Waals surface area contributed by atoms with Crippen LogP contribution >= 0.6 is 0 Å². The predicted molar refractivity (Wildman–Crippen MR) is 46.5 cm³/mol. The fraction of sp³-hybridized carbons (Fsp3) is 0.800. The third kappa shape index (κ3) is 1.02. The molecule has 0 saturated heterocycles. The van der Waals surface area contributed by atoms with Crippen LogP contribution < -0.4 is 0 Å². The van der Waals surface area contributed by atoms with E-state index < -0.39 is 0 Å². The van der Waals surface area contributed by atoms with Gasteiger partial charge in [0.15, 0.2) is 0 Å². The standard InChI is InChI=1S/C10H16O2/c11-5-9-7-3-1-2-4-8(9)10(7)6-12/h1-2,7-12H,3-6H2. The Bertz CT molecular complexity index is 160. The molecule has 2 nitrogen and oxygen atoms in total. The lowest BCUT2D eigenvalue weighted by molar-refractivity contribution is -0.0724. The monoisotopic (exact) mass is 168 g/mol. The van der Waals surface area contributed by atoms with Crippen molar-refractivity contribution in [1.29, 1.82) is 0 Å². The smallest absolute Gasteiger partial charge is 0.0465 e. The van der Waals surface area contributed by atoms with Crippen LogP contribution in [0.4, 0.5) is 0 Å². The van der Waals surface area contributed by atoms with Crippen LogP contribution in [-0.4, -0.2) is 23.4 Å². The van der Waals surface area contributed by atoms with E-state index in [-0.39, 0.29) is 0 Å². The van der Waals surface area contributed by atoms with Gasteiger partial charge in [0, 0.05) is 13.2 Å². The molecule has 2 N–H and O–H groups in total. The van der Waals surface area contributed by atoms with Crippen molar-refractivity contribution in [2.75, 3.05) is 13.2 Å². The summed E-state index contributed by atoms with van der Waals surface area (Å²) in [5, 5.41) is 18.2. The summed E-state index contributed by atoms with van der Waals surface area (Å²) in [5.74, 6) is 2.00. The maximum Gasteiger partial charge on any atom is 0.0465 e. The molecule has 12 heavy (non-hydrogen) atoms. The number of rotatable bonds is 2. The Morgan fingerprint density at radius 2 is 1.33 bits per heavy atom. The van der Waals surface area contributed by atoms with E-state index in [0.29, 0.717) is 36.9 Å².